The van der Waals surface area contributed by atoms with Gasteiger partial charge in [-0.3, -0.25) is 0 Å². The smallest absolute Gasteiger partial charge is 0.317 e. The second kappa shape index (κ2) is 5.53. The third-order valence-electron chi connectivity index (χ3n) is 3.92. The molecule has 92 valence electrons. The van der Waals surface area contributed by atoms with E-state index in [1.165, 1.54) is 12.8 Å². The summed E-state index contributed by atoms with van der Waals surface area (Å²) >= 11 is 0. The van der Waals surface area contributed by atoms with Crippen LogP contribution in [0.5, 0.6) is 0 Å². The number of carbonyl (C=O) groups excluding carboxylic acids is 1. The summed E-state index contributed by atoms with van der Waals surface area (Å²) in [6.45, 7) is 2.51. The maximum Gasteiger partial charge on any atom is 0.317 e. The molecular formula is C12H23N3O. The predicted molar refractivity (Wildman–Crippen MR) is 64.1 cm³/mol. The van der Waals surface area contributed by atoms with E-state index >= 15 is 0 Å². The topological polar surface area (TPSA) is 58.4 Å². The van der Waals surface area contributed by atoms with Crippen LogP contribution in [0.15, 0.2) is 0 Å². The second-order valence-corrected chi connectivity index (χ2v) is 5.10. The molecule has 1 aliphatic carbocycles. The first-order chi connectivity index (χ1) is 7.79. The molecule has 1 heterocycles. The van der Waals surface area contributed by atoms with Crippen molar-refractivity contribution in [3.05, 3.63) is 0 Å². The van der Waals surface area contributed by atoms with Crippen LogP contribution < -0.4 is 11.1 Å². The van der Waals surface area contributed by atoms with Crippen molar-refractivity contribution in [3.63, 3.8) is 0 Å². The third kappa shape index (κ3) is 2.88. The maximum atomic E-state index is 11.9. The minimum Gasteiger partial charge on any atom is -0.335 e. The summed E-state index contributed by atoms with van der Waals surface area (Å²) < 4.78 is 0. The van der Waals surface area contributed by atoms with Crippen molar-refractivity contribution in [2.75, 3.05) is 19.6 Å². The van der Waals surface area contributed by atoms with E-state index in [1.54, 1.807) is 0 Å². The average molecular weight is 225 g/mol. The van der Waals surface area contributed by atoms with E-state index in [9.17, 15) is 4.79 Å². The monoisotopic (exact) mass is 225 g/mol. The number of hydrogen-bond donors (Lipinski definition) is 2. The Hall–Kier alpha value is -0.770. The molecule has 2 aliphatic rings. The summed E-state index contributed by atoms with van der Waals surface area (Å²) in [5.41, 5.74) is 5.64. The van der Waals surface area contributed by atoms with Crippen molar-refractivity contribution in [2.45, 2.75) is 44.6 Å². The van der Waals surface area contributed by atoms with Crippen molar-refractivity contribution in [3.8, 4) is 0 Å². The molecule has 0 radical (unpaired) electrons. The summed E-state index contributed by atoms with van der Waals surface area (Å²) in [6.07, 6.45) is 6.97. The number of urea groups is 1. The quantitative estimate of drug-likeness (QED) is 0.744. The molecule has 0 aromatic rings. The highest BCUT2D eigenvalue weighted by Crippen LogP contribution is 2.19. The lowest BCUT2D eigenvalue weighted by atomic mass is 9.97. The molecule has 16 heavy (non-hydrogen) atoms. The molecule has 0 bridgehead atoms. The summed E-state index contributed by atoms with van der Waals surface area (Å²) in [7, 11) is 0. The van der Waals surface area contributed by atoms with Crippen LogP contribution >= 0.6 is 0 Å². The third-order valence-corrected chi connectivity index (χ3v) is 3.92. The molecule has 1 saturated carbocycles. The molecule has 0 aromatic carbocycles. The lowest BCUT2D eigenvalue weighted by Gasteiger charge is -2.32. The number of carbonyl (C=O) groups is 1. The van der Waals surface area contributed by atoms with E-state index in [2.05, 4.69) is 5.32 Å². The Labute approximate surface area is 97.6 Å². The van der Waals surface area contributed by atoms with E-state index < -0.39 is 0 Å². The molecule has 4 nitrogen and oxygen atoms in total. The van der Waals surface area contributed by atoms with Gasteiger partial charge in [-0.1, -0.05) is 12.8 Å². The van der Waals surface area contributed by atoms with E-state index in [4.69, 9.17) is 5.73 Å². The van der Waals surface area contributed by atoms with Gasteiger partial charge in [-0.15, -0.1) is 0 Å². The Morgan fingerprint density at radius 2 is 1.81 bits per heavy atom. The van der Waals surface area contributed by atoms with E-state index in [1.807, 2.05) is 4.90 Å². The van der Waals surface area contributed by atoms with Crippen LogP contribution in [0.4, 0.5) is 4.79 Å². The fourth-order valence-electron chi connectivity index (χ4n) is 2.71. The molecular weight excluding hydrogens is 202 g/mol. The highest BCUT2D eigenvalue weighted by Gasteiger charge is 2.24. The van der Waals surface area contributed by atoms with E-state index in [-0.39, 0.29) is 6.03 Å². The zero-order valence-corrected chi connectivity index (χ0v) is 9.95. The molecule has 2 fully saturated rings. The Balaban J connectivity index is 1.73. The fourth-order valence-corrected chi connectivity index (χ4v) is 2.71. The summed E-state index contributed by atoms with van der Waals surface area (Å²) in [5, 5.41) is 3.14. The maximum absolute atomic E-state index is 11.9. The normalized spacial score (nSPS) is 23.7. The van der Waals surface area contributed by atoms with Gasteiger partial charge in [0.2, 0.25) is 0 Å². The van der Waals surface area contributed by atoms with Gasteiger partial charge in [0.05, 0.1) is 0 Å². The van der Waals surface area contributed by atoms with Gasteiger partial charge < -0.3 is 16.0 Å². The zero-order chi connectivity index (χ0) is 11.4. The number of nitrogens with zero attached hydrogens (tertiary/aromatic N) is 1. The first-order valence-electron chi connectivity index (χ1n) is 6.55. The molecule has 1 saturated heterocycles. The van der Waals surface area contributed by atoms with E-state index in [0.717, 1.165) is 45.3 Å². The fraction of sp³-hybridized carbons (Fsp3) is 0.917. The number of hydrogen-bond acceptors (Lipinski definition) is 2. The summed E-state index contributed by atoms with van der Waals surface area (Å²) in [5.74, 6) is 0.621. The largest absolute Gasteiger partial charge is 0.335 e. The first-order valence-corrected chi connectivity index (χ1v) is 6.55. The van der Waals surface area contributed by atoms with Gasteiger partial charge in [0.1, 0.15) is 0 Å². The lowest BCUT2D eigenvalue weighted by molar-refractivity contribution is 0.168. The summed E-state index contributed by atoms with van der Waals surface area (Å²) in [6, 6.07) is 0.571. The molecule has 4 heteroatoms. The van der Waals surface area contributed by atoms with Crippen LogP contribution in [0.1, 0.15) is 38.5 Å². The molecule has 2 rings (SSSR count). The molecule has 0 atom stereocenters. The molecule has 0 aromatic heterocycles. The second-order valence-electron chi connectivity index (χ2n) is 5.10. The number of likely N-dealkylation sites (tertiary alicyclic amines) is 1. The van der Waals surface area contributed by atoms with Crippen molar-refractivity contribution < 1.29 is 4.79 Å². The van der Waals surface area contributed by atoms with Gasteiger partial charge in [0.25, 0.3) is 0 Å². The minimum absolute atomic E-state index is 0.141. The highest BCUT2D eigenvalue weighted by atomic mass is 16.2. The number of nitrogens with two attached hydrogens (primary N) is 1. The van der Waals surface area contributed by atoms with Crippen LogP contribution in [-0.2, 0) is 0 Å². The Morgan fingerprint density at radius 1 is 1.19 bits per heavy atom. The van der Waals surface area contributed by atoms with Crippen LogP contribution in [0, 0.1) is 5.92 Å². The van der Waals surface area contributed by atoms with Crippen LogP contribution in [0.25, 0.3) is 0 Å². The molecule has 0 spiro atoms. The van der Waals surface area contributed by atoms with Crippen molar-refractivity contribution in [2.24, 2.45) is 11.7 Å². The van der Waals surface area contributed by atoms with Gasteiger partial charge in [-0.25, -0.2) is 4.79 Å². The highest BCUT2D eigenvalue weighted by molar-refractivity contribution is 5.74. The van der Waals surface area contributed by atoms with Crippen LogP contribution in [-0.4, -0.2) is 36.6 Å². The van der Waals surface area contributed by atoms with Gasteiger partial charge in [0.15, 0.2) is 0 Å². The Kier molecular flexibility index (Phi) is 4.04. The molecule has 2 amide bonds. The molecule has 3 N–H and O–H groups in total. The SMILES string of the molecule is NCC1CCN(C(=O)NC2CCCC2)CC1. The minimum atomic E-state index is 0.141. The Bertz CT molecular complexity index is 230. The standard InChI is InChI=1S/C12H23N3O/c13-9-10-5-7-15(8-6-10)12(16)14-11-3-1-2-4-11/h10-11H,1-9,13H2,(H,14,16). The summed E-state index contributed by atoms with van der Waals surface area (Å²) in [4.78, 5) is 13.9. The van der Waals surface area contributed by atoms with Crippen molar-refractivity contribution in [1.82, 2.24) is 10.2 Å². The molecule has 1 aliphatic heterocycles. The number of piperidine rings is 1. The average Bonchev–Trinajstić information content (AvgIpc) is 2.82. The predicted octanol–water partition coefficient (Wildman–Crippen LogP) is 1.31. The van der Waals surface area contributed by atoms with Crippen molar-refractivity contribution >= 4 is 6.03 Å². The molecule has 0 unspecified atom stereocenters. The van der Waals surface area contributed by atoms with Crippen LogP contribution in [0.2, 0.25) is 0 Å². The number of nitrogens with one attached hydrogen (secondary N) is 1. The van der Waals surface area contributed by atoms with Gasteiger partial charge in [0, 0.05) is 19.1 Å². The van der Waals surface area contributed by atoms with Crippen LogP contribution in [0.3, 0.4) is 0 Å². The Morgan fingerprint density at radius 3 is 2.38 bits per heavy atom. The van der Waals surface area contributed by atoms with E-state index in [0.29, 0.717) is 12.0 Å². The number of rotatable bonds is 2. The zero-order valence-electron chi connectivity index (χ0n) is 9.95. The van der Waals surface area contributed by atoms with Gasteiger partial charge in [-0.2, -0.15) is 0 Å². The van der Waals surface area contributed by atoms with Gasteiger partial charge in [-0.05, 0) is 38.1 Å². The first kappa shape index (κ1) is 11.7. The number of amides is 2. The van der Waals surface area contributed by atoms with Gasteiger partial charge >= 0.3 is 6.03 Å². The lowest BCUT2D eigenvalue weighted by Crippen LogP contribution is -2.47. The van der Waals surface area contributed by atoms with Crippen molar-refractivity contribution in [1.29, 1.82) is 0 Å².